The Labute approximate surface area is 228 Å². The zero-order valence-electron chi connectivity index (χ0n) is 20.3. The second-order valence-electron chi connectivity index (χ2n) is 8.48. The predicted molar refractivity (Wildman–Crippen MR) is 150 cm³/mol. The molecule has 2 aromatic carbocycles. The maximum atomic E-state index is 13.0. The maximum Gasteiger partial charge on any atom is 0.268 e. The van der Waals surface area contributed by atoms with E-state index >= 15 is 0 Å². The molecule has 0 spiro atoms. The molecule has 0 saturated carbocycles. The van der Waals surface area contributed by atoms with Crippen LogP contribution in [0, 0.1) is 13.8 Å². The Morgan fingerprint density at radius 2 is 1.35 bits per heavy atom. The number of hydrogen-bond donors (Lipinski definition) is 1. The van der Waals surface area contributed by atoms with Gasteiger partial charge in [-0.25, -0.2) is 25.8 Å². The van der Waals surface area contributed by atoms with E-state index < -0.39 is 19.1 Å². The molecule has 0 radical (unpaired) electrons. The molecule has 1 fully saturated rings. The molecule has 37 heavy (non-hydrogen) atoms. The van der Waals surface area contributed by atoms with E-state index in [4.69, 9.17) is 10.7 Å². The Morgan fingerprint density at radius 3 is 1.89 bits per heavy atom. The molecule has 0 atom stereocenters. The summed E-state index contributed by atoms with van der Waals surface area (Å²) >= 11 is 0. The van der Waals surface area contributed by atoms with Crippen LogP contribution in [0.5, 0.6) is 0 Å². The third-order valence-corrected chi connectivity index (χ3v) is 8.93. The summed E-state index contributed by atoms with van der Waals surface area (Å²) < 4.78 is 48.8. The third-order valence-electron chi connectivity index (χ3n) is 5.86. The summed E-state index contributed by atoms with van der Waals surface area (Å²) in [6.07, 6.45) is 3.30. The Balaban J connectivity index is 0.000000269. The van der Waals surface area contributed by atoms with Gasteiger partial charge in [-0.3, -0.25) is 0 Å². The molecule has 12 heteroatoms. The first-order valence-corrected chi connectivity index (χ1v) is 15.1. The molecule has 5 rings (SSSR count). The van der Waals surface area contributed by atoms with Gasteiger partial charge in [-0.2, -0.15) is 0 Å². The molecule has 1 aliphatic heterocycles. The number of nitrogens with zero attached hydrogens (tertiary/aromatic N) is 3. The Morgan fingerprint density at radius 1 is 0.811 bits per heavy atom. The largest absolute Gasteiger partial charge is 0.354 e. The first-order valence-electron chi connectivity index (χ1n) is 11.3. The lowest BCUT2D eigenvalue weighted by Crippen LogP contribution is -2.43. The van der Waals surface area contributed by atoms with E-state index in [-0.39, 0.29) is 22.2 Å². The maximum absolute atomic E-state index is 13.0. The van der Waals surface area contributed by atoms with Crippen molar-refractivity contribution in [3.63, 3.8) is 0 Å². The van der Waals surface area contributed by atoms with Gasteiger partial charge >= 0.3 is 0 Å². The lowest BCUT2D eigenvalue weighted by molar-refractivity contribution is 0.586. The highest BCUT2D eigenvalue weighted by Crippen LogP contribution is 2.28. The minimum absolute atomic E-state index is 0. The quantitative estimate of drug-likeness (QED) is 0.357. The van der Waals surface area contributed by atoms with Crippen molar-refractivity contribution in [2.45, 2.75) is 23.6 Å². The molecule has 1 aliphatic rings. The number of pyridine rings is 1. The van der Waals surface area contributed by atoms with Gasteiger partial charge < -0.3 is 10.2 Å². The zero-order valence-corrected chi connectivity index (χ0v) is 23.5. The fourth-order valence-corrected chi connectivity index (χ4v) is 6.01. The summed E-state index contributed by atoms with van der Waals surface area (Å²) in [7, 11) is -2.09. The smallest absolute Gasteiger partial charge is 0.268 e. The van der Waals surface area contributed by atoms with Crippen molar-refractivity contribution in [3.8, 4) is 0 Å². The van der Waals surface area contributed by atoms with Crippen LogP contribution in [0.1, 0.15) is 11.1 Å². The van der Waals surface area contributed by atoms with E-state index in [0.29, 0.717) is 5.52 Å². The van der Waals surface area contributed by atoms with Crippen molar-refractivity contribution in [2.75, 3.05) is 31.1 Å². The molecule has 0 aliphatic carbocycles. The van der Waals surface area contributed by atoms with Crippen molar-refractivity contribution in [1.29, 1.82) is 0 Å². The molecular weight excluding hydrogens is 555 g/mol. The summed E-state index contributed by atoms with van der Waals surface area (Å²) in [5, 5.41) is 4.18. The summed E-state index contributed by atoms with van der Waals surface area (Å²) in [5.41, 5.74) is 2.69. The van der Waals surface area contributed by atoms with Crippen LogP contribution in [-0.4, -0.2) is 52.0 Å². The van der Waals surface area contributed by atoms with Crippen LogP contribution in [0.25, 0.3) is 10.9 Å². The van der Waals surface area contributed by atoms with Gasteiger partial charge in [-0.15, -0.1) is 12.4 Å². The van der Waals surface area contributed by atoms with Crippen molar-refractivity contribution in [1.82, 2.24) is 14.3 Å². The molecular formula is C25H28Cl2N4O4S2. The number of rotatable bonds is 4. The molecule has 1 N–H and O–H groups in total. The van der Waals surface area contributed by atoms with Crippen molar-refractivity contribution >= 4 is 58.9 Å². The van der Waals surface area contributed by atoms with Gasteiger partial charge in [0.2, 0.25) is 0 Å². The van der Waals surface area contributed by atoms with E-state index in [1.165, 1.54) is 16.1 Å². The fourth-order valence-electron chi connectivity index (χ4n) is 3.89. The van der Waals surface area contributed by atoms with Crippen LogP contribution in [0.15, 0.2) is 82.8 Å². The Hall–Kier alpha value is -2.63. The van der Waals surface area contributed by atoms with Crippen molar-refractivity contribution < 1.29 is 16.8 Å². The topological polar surface area (TPSA) is 101 Å². The number of benzene rings is 2. The number of aromatic nitrogens is 2. The average molecular weight is 584 g/mol. The summed E-state index contributed by atoms with van der Waals surface area (Å²) in [6.45, 7) is 7.35. The van der Waals surface area contributed by atoms with Crippen LogP contribution in [0.3, 0.4) is 0 Å². The van der Waals surface area contributed by atoms with Gasteiger partial charge in [0.25, 0.3) is 19.1 Å². The first-order chi connectivity index (χ1) is 17.1. The first kappa shape index (κ1) is 28.9. The Kier molecular flexibility index (Phi) is 9.25. The summed E-state index contributed by atoms with van der Waals surface area (Å²) in [4.78, 5) is 7.13. The van der Waals surface area contributed by atoms with Gasteiger partial charge in [0.15, 0.2) is 0 Å². The highest BCUT2D eigenvalue weighted by molar-refractivity contribution is 8.13. The van der Waals surface area contributed by atoms with Gasteiger partial charge in [0, 0.05) is 54.6 Å². The summed E-state index contributed by atoms with van der Waals surface area (Å²) in [6, 6.07) is 16.9. The van der Waals surface area contributed by atoms with Crippen LogP contribution in [0.4, 0.5) is 5.82 Å². The molecule has 0 unspecified atom stereocenters. The monoisotopic (exact) mass is 582 g/mol. The van der Waals surface area contributed by atoms with E-state index in [2.05, 4.69) is 15.2 Å². The molecule has 8 nitrogen and oxygen atoms in total. The Bertz CT molecular complexity index is 1570. The second kappa shape index (κ2) is 11.8. The number of aryl methyl sites for hydroxylation is 2. The van der Waals surface area contributed by atoms with E-state index in [0.717, 1.165) is 48.5 Å². The SMILES string of the molecule is Cc1ccc(S(=O)(=O)Cl)cc1.Cc1ccc(S(=O)(=O)n2ccc3c(N4CCNCC4)nccc32)cc1.Cl. The number of nitrogens with one attached hydrogen (secondary N) is 1. The zero-order chi connectivity index (χ0) is 25.9. The van der Waals surface area contributed by atoms with Gasteiger partial charge in [0.1, 0.15) is 5.82 Å². The molecule has 0 amide bonds. The van der Waals surface area contributed by atoms with E-state index in [1.54, 1.807) is 42.7 Å². The van der Waals surface area contributed by atoms with Crippen molar-refractivity contribution in [3.05, 3.63) is 84.2 Å². The van der Waals surface area contributed by atoms with Crippen LogP contribution >= 0.6 is 23.1 Å². The molecule has 198 valence electrons. The van der Waals surface area contributed by atoms with Crippen LogP contribution < -0.4 is 10.2 Å². The van der Waals surface area contributed by atoms with Gasteiger partial charge in [-0.1, -0.05) is 35.4 Å². The number of fused-ring (bicyclic) bond motifs is 1. The molecule has 0 bridgehead atoms. The molecule has 3 heterocycles. The minimum atomic E-state index is -3.63. The summed E-state index contributed by atoms with van der Waals surface area (Å²) in [5.74, 6) is 0.844. The molecule has 4 aromatic rings. The van der Waals surface area contributed by atoms with Crippen LogP contribution in [0.2, 0.25) is 0 Å². The second-order valence-corrected chi connectivity index (χ2v) is 12.9. The number of halogens is 2. The molecule has 2 aromatic heterocycles. The number of hydrogen-bond acceptors (Lipinski definition) is 7. The highest BCUT2D eigenvalue weighted by atomic mass is 35.7. The van der Waals surface area contributed by atoms with Gasteiger partial charge in [-0.05, 0) is 50.2 Å². The lowest BCUT2D eigenvalue weighted by atomic mass is 10.2. The van der Waals surface area contributed by atoms with E-state index in [9.17, 15) is 16.8 Å². The van der Waals surface area contributed by atoms with Crippen molar-refractivity contribution in [2.24, 2.45) is 0 Å². The van der Waals surface area contributed by atoms with Gasteiger partial charge in [0.05, 0.1) is 15.3 Å². The third kappa shape index (κ3) is 6.63. The highest BCUT2D eigenvalue weighted by Gasteiger charge is 2.22. The lowest BCUT2D eigenvalue weighted by Gasteiger charge is -2.28. The van der Waals surface area contributed by atoms with E-state index in [1.807, 2.05) is 32.0 Å². The molecule has 1 saturated heterocycles. The minimum Gasteiger partial charge on any atom is -0.354 e. The average Bonchev–Trinajstić information content (AvgIpc) is 3.30. The normalized spacial score (nSPS) is 14.0. The number of anilines is 1. The standard InChI is InChI=1S/C18H20N4O2S.C7H7ClO2S.ClH/c1-14-2-4-15(5-3-14)25(23,24)22-11-7-16-17(22)6-8-20-18(16)21-12-9-19-10-13-21;1-6-2-4-7(5-3-6)11(8,9)10;/h2-8,11,19H,9-10,12-13H2,1H3;2-5H,1H3;1H. The predicted octanol–water partition coefficient (Wildman–Crippen LogP) is 4.34. The fraction of sp³-hybridized carbons (Fsp3) is 0.240. The number of piperazine rings is 1. The van der Waals surface area contributed by atoms with Crippen LogP contribution in [-0.2, 0) is 19.1 Å².